The van der Waals surface area contributed by atoms with Crippen molar-refractivity contribution in [2.75, 3.05) is 0 Å². The average Bonchev–Trinajstić information content (AvgIpc) is 1.37. The van der Waals surface area contributed by atoms with Gasteiger partial charge in [-0.1, -0.05) is 0 Å². The van der Waals surface area contributed by atoms with Crippen LogP contribution in [0.3, 0.4) is 0 Å². The Labute approximate surface area is 34.8 Å². The first kappa shape index (κ1) is 4.00. The standard InChI is InChI=1S/Mo.N3/c;1-3-2/q+1;-1. The molecule has 3 nitrogen and oxygen atoms in total. The van der Waals surface area contributed by atoms with Crippen molar-refractivity contribution in [1.82, 2.24) is 0 Å². The van der Waals surface area contributed by atoms with E-state index in [1.807, 2.05) is 0 Å². The van der Waals surface area contributed by atoms with Crippen molar-refractivity contribution in [3.05, 3.63) is 10.4 Å². The average molecular weight is 138 g/mol. The summed E-state index contributed by atoms with van der Waals surface area (Å²) in [4.78, 5) is 2.37. The molecule has 0 fully saturated rings. The van der Waals surface area contributed by atoms with Gasteiger partial charge in [0.15, 0.2) is 0 Å². The molecule has 0 atom stereocenters. The van der Waals surface area contributed by atoms with Gasteiger partial charge >= 0.3 is 34.2 Å². The fourth-order valence-electron chi connectivity index (χ4n) is 0. The third kappa shape index (κ3) is 2.00. The molecule has 0 aliphatic rings. The van der Waals surface area contributed by atoms with Gasteiger partial charge in [0.05, 0.1) is 0 Å². The molecule has 0 aromatic heterocycles. The van der Waals surface area contributed by atoms with Gasteiger partial charge in [-0.25, -0.2) is 0 Å². The second kappa shape index (κ2) is 3.00. The molecule has 4 heavy (non-hydrogen) atoms. The van der Waals surface area contributed by atoms with Gasteiger partial charge < -0.3 is 0 Å². The summed E-state index contributed by atoms with van der Waals surface area (Å²) in [6.45, 7) is 0. The molecular weight excluding hydrogens is 138 g/mol. The normalized spacial score (nSPS) is 4.00. The molecule has 0 rings (SSSR count). The Morgan fingerprint density at radius 1 is 2.00 bits per heavy atom. The minimum absolute atomic E-state index is 1.33. The summed E-state index contributed by atoms with van der Waals surface area (Å²) >= 11 is 1.33. The molecule has 0 spiro atoms. The Hall–Kier alpha value is -0.00169. The first-order valence-corrected chi connectivity index (χ1v) is 1.48. The molecule has 4 heteroatoms. The number of nitrogens with zero attached hydrogens (tertiary/aromatic N) is 3. The SMILES string of the molecule is [N-]=[N+]=[N][Mo]. The maximum atomic E-state index is 7.34. The molecular formula is MoN3. The summed E-state index contributed by atoms with van der Waals surface area (Å²) in [6.07, 6.45) is 0. The van der Waals surface area contributed by atoms with Crippen molar-refractivity contribution in [3.8, 4) is 0 Å². The van der Waals surface area contributed by atoms with Gasteiger partial charge in [-0.3, -0.25) is 0 Å². The summed E-state index contributed by atoms with van der Waals surface area (Å²) in [6, 6.07) is 0. The third-order valence-electron chi connectivity index (χ3n) is 0.0365. The van der Waals surface area contributed by atoms with Gasteiger partial charge in [-0.15, -0.1) is 0 Å². The Morgan fingerprint density at radius 2 is 2.25 bits per heavy atom. The van der Waals surface area contributed by atoms with Crippen LogP contribution in [0.25, 0.3) is 10.4 Å². The molecule has 0 saturated heterocycles. The predicted molar refractivity (Wildman–Crippen MR) is 9.15 cm³/mol. The zero-order valence-corrected chi connectivity index (χ0v) is 3.76. The Kier molecular flexibility index (Phi) is 3.00. The van der Waals surface area contributed by atoms with Gasteiger partial charge in [0.25, 0.3) is 0 Å². The zero-order valence-electron chi connectivity index (χ0n) is 1.75. The first-order valence-electron chi connectivity index (χ1n) is 0.583. The van der Waals surface area contributed by atoms with E-state index in [0.29, 0.717) is 0 Å². The zero-order chi connectivity index (χ0) is 3.41. The molecule has 0 aliphatic heterocycles. The van der Waals surface area contributed by atoms with Crippen molar-refractivity contribution in [2.45, 2.75) is 0 Å². The quantitative estimate of drug-likeness (QED) is 0.205. The van der Waals surface area contributed by atoms with Crippen LogP contribution in [-0.4, -0.2) is 0 Å². The van der Waals surface area contributed by atoms with E-state index in [2.05, 4.69) is 8.58 Å². The molecule has 0 saturated carbocycles. The van der Waals surface area contributed by atoms with Crippen LogP contribution in [0.1, 0.15) is 0 Å². The van der Waals surface area contributed by atoms with Crippen LogP contribution in [0.5, 0.6) is 0 Å². The molecule has 0 radical (unpaired) electrons. The summed E-state index contributed by atoms with van der Waals surface area (Å²) in [5.41, 5.74) is 7.34. The number of hydrogen-bond donors (Lipinski definition) is 0. The predicted octanol–water partition coefficient (Wildman–Crippen LogP) is 0.759. The minimum atomic E-state index is 1.33. The molecule has 21 valence electrons. The van der Waals surface area contributed by atoms with Crippen LogP contribution in [0.2, 0.25) is 0 Å². The van der Waals surface area contributed by atoms with Gasteiger partial charge in [0.2, 0.25) is 0 Å². The van der Waals surface area contributed by atoms with E-state index >= 15 is 0 Å². The van der Waals surface area contributed by atoms with Crippen LogP contribution in [0.4, 0.5) is 0 Å². The van der Waals surface area contributed by atoms with Crippen LogP contribution in [-0.2, 0) is 20.1 Å². The van der Waals surface area contributed by atoms with Crippen molar-refractivity contribution in [1.29, 1.82) is 0 Å². The summed E-state index contributed by atoms with van der Waals surface area (Å²) in [5.74, 6) is 0. The van der Waals surface area contributed by atoms with E-state index in [0.717, 1.165) is 0 Å². The van der Waals surface area contributed by atoms with Gasteiger partial charge in [0, 0.05) is 0 Å². The first-order chi connectivity index (χ1) is 1.91. The second-order valence-electron chi connectivity index (χ2n) is 0.171. The van der Waals surface area contributed by atoms with E-state index in [-0.39, 0.29) is 0 Å². The second-order valence-corrected chi connectivity index (χ2v) is 0.572. The third-order valence-corrected chi connectivity index (χ3v) is 0.216. The molecule has 0 amide bonds. The number of azide groups is 1. The fraction of sp³-hybridized carbons (Fsp3) is 0. The van der Waals surface area contributed by atoms with E-state index < -0.39 is 0 Å². The molecule has 0 aromatic rings. The fourth-order valence-corrected chi connectivity index (χ4v) is 0. The summed E-state index contributed by atoms with van der Waals surface area (Å²) in [5, 5.41) is 0. The molecule has 0 aromatic carbocycles. The molecule has 0 aliphatic carbocycles. The summed E-state index contributed by atoms with van der Waals surface area (Å²) in [7, 11) is 0. The van der Waals surface area contributed by atoms with E-state index in [4.69, 9.17) is 5.53 Å². The van der Waals surface area contributed by atoms with Gasteiger partial charge in [-0.05, 0) is 0 Å². The monoisotopic (exact) mass is 140 g/mol. The van der Waals surface area contributed by atoms with Crippen LogP contribution in [0, 0.1) is 0 Å². The maximum absolute atomic E-state index is 7.34. The Balaban J connectivity index is 3.11. The number of rotatable bonds is 0. The Bertz CT molecular complexity index is 41.2. The molecule has 0 bridgehead atoms. The molecule has 0 heterocycles. The van der Waals surface area contributed by atoms with Gasteiger partial charge in [0.1, 0.15) is 0 Å². The van der Waals surface area contributed by atoms with Crippen LogP contribution in [0.15, 0.2) is 3.67 Å². The van der Waals surface area contributed by atoms with E-state index in [1.165, 1.54) is 20.1 Å². The van der Waals surface area contributed by atoms with Gasteiger partial charge in [-0.2, -0.15) is 0 Å². The van der Waals surface area contributed by atoms with Crippen molar-refractivity contribution < 1.29 is 20.1 Å². The van der Waals surface area contributed by atoms with E-state index in [9.17, 15) is 0 Å². The van der Waals surface area contributed by atoms with Crippen molar-refractivity contribution in [3.63, 3.8) is 0 Å². The van der Waals surface area contributed by atoms with Crippen molar-refractivity contribution >= 4 is 0 Å². The van der Waals surface area contributed by atoms with E-state index in [1.54, 1.807) is 0 Å². The molecule has 0 unspecified atom stereocenters. The van der Waals surface area contributed by atoms with Crippen LogP contribution < -0.4 is 0 Å². The Morgan fingerprint density at radius 3 is 2.25 bits per heavy atom. The summed E-state index contributed by atoms with van der Waals surface area (Å²) < 4.78 is 2.93. The topological polar surface area (TPSA) is 48.8 Å². The molecule has 0 N–H and O–H groups in total. The van der Waals surface area contributed by atoms with Crippen molar-refractivity contribution in [2.24, 2.45) is 3.67 Å². The number of hydrogen-bond acceptors (Lipinski definition) is 1. The van der Waals surface area contributed by atoms with Crippen LogP contribution >= 0.6 is 0 Å².